The molecule has 0 spiro atoms. The van der Waals surface area contributed by atoms with Gasteiger partial charge in [0.2, 0.25) is 10.0 Å². The number of alkyl halides is 3. The minimum Gasteiger partial charge on any atom is -0.481 e. The molecule has 1 atom stereocenters. The monoisotopic (exact) mass is 449 g/mol. The molecule has 11 heteroatoms. The SMILES string of the molecule is CN(C[C@H]1CO1)S(=O)(=O)c1cc(-c2ccsc2CCC(=O)O)cc(C(F)(F)F)c1. The van der Waals surface area contributed by atoms with E-state index in [1.807, 2.05) is 0 Å². The maximum Gasteiger partial charge on any atom is 0.416 e. The van der Waals surface area contributed by atoms with Crippen LogP contribution in [0.2, 0.25) is 0 Å². The normalized spacial score (nSPS) is 16.9. The van der Waals surface area contributed by atoms with Crippen molar-refractivity contribution >= 4 is 27.3 Å². The fraction of sp³-hybridized carbons (Fsp3) is 0.389. The number of halogens is 3. The number of likely N-dealkylation sites (N-methyl/N-ethyl adjacent to an activating group) is 1. The van der Waals surface area contributed by atoms with Gasteiger partial charge in [-0.15, -0.1) is 11.3 Å². The molecular formula is C18H18F3NO5S2. The second-order valence-corrected chi connectivity index (χ2v) is 9.68. The summed E-state index contributed by atoms with van der Waals surface area (Å²) >= 11 is 1.22. The molecule has 0 radical (unpaired) electrons. The van der Waals surface area contributed by atoms with Crippen LogP contribution < -0.4 is 0 Å². The second kappa shape index (κ2) is 8.05. The topological polar surface area (TPSA) is 87.2 Å². The van der Waals surface area contributed by atoms with Gasteiger partial charge in [0, 0.05) is 18.5 Å². The predicted molar refractivity (Wildman–Crippen MR) is 100 cm³/mol. The van der Waals surface area contributed by atoms with E-state index in [2.05, 4.69) is 0 Å². The van der Waals surface area contributed by atoms with E-state index < -0.39 is 32.6 Å². The maximum atomic E-state index is 13.4. The molecule has 0 amide bonds. The molecule has 1 aromatic carbocycles. The summed E-state index contributed by atoms with van der Waals surface area (Å²) in [6.07, 6.45) is -5.03. The van der Waals surface area contributed by atoms with Crippen molar-refractivity contribution in [1.29, 1.82) is 0 Å². The Hall–Kier alpha value is -1.95. The highest BCUT2D eigenvalue weighted by Crippen LogP contribution is 2.37. The number of carboxylic acids is 1. The zero-order valence-electron chi connectivity index (χ0n) is 15.3. The molecular weight excluding hydrogens is 431 g/mol. The largest absolute Gasteiger partial charge is 0.481 e. The van der Waals surface area contributed by atoms with E-state index in [-0.39, 0.29) is 31.1 Å². The zero-order valence-corrected chi connectivity index (χ0v) is 16.9. The van der Waals surface area contributed by atoms with E-state index >= 15 is 0 Å². The standard InChI is InChI=1S/C18H18F3NO5S2/c1-22(9-13-10-27-13)29(25,26)14-7-11(6-12(8-14)18(19,20)21)15-4-5-28-16(15)2-3-17(23)24/h4-8,13H,2-3,9-10H2,1H3,(H,23,24)/t13-/m0/s1. The van der Waals surface area contributed by atoms with Crippen molar-refractivity contribution in [3.05, 3.63) is 40.1 Å². The third-order valence-corrected chi connectivity index (χ3v) is 7.21. The van der Waals surface area contributed by atoms with Crippen molar-refractivity contribution in [3.63, 3.8) is 0 Å². The smallest absolute Gasteiger partial charge is 0.416 e. The Morgan fingerprint density at radius 3 is 2.62 bits per heavy atom. The molecule has 29 heavy (non-hydrogen) atoms. The van der Waals surface area contributed by atoms with Crippen LogP contribution in [0.15, 0.2) is 34.5 Å². The van der Waals surface area contributed by atoms with Crippen LogP contribution in [-0.2, 0) is 32.2 Å². The van der Waals surface area contributed by atoms with Gasteiger partial charge in [0.15, 0.2) is 0 Å². The van der Waals surface area contributed by atoms with E-state index in [0.29, 0.717) is 23.1 Å². The minimum absolute atomic E-state index is 0.0518. The first-order valence-electron chi connectivity index (χ1n) is 8.57. The molecule has 2 heterocycles. The molecule has 1 saturated heterocycles. The Labute approximate surface area is 169 Å². The van der Waals surface area contributed by atoms with Crippen LogP contribution >= 0.6 is 11.3 Å². The number of carbonyl (C=O) groups is 1. The fourth-order valence-electron chi connectivity index (χ4n) is 2.82. The first kappa shape index (κ1) is 21.8. The molecule has 158 valence electrons. The first-order chi connectivity index (χ1) is 13.5. The number of sulfonamides is 1. The van der Waals surface area contributed by atoms with Crippen LogP contribution in [0.3, 0.4) is 0 Å². The summed E-state index contributed by atoms with van der Waals surface area (Å²) in [6.45, 7) is 0.464. The van der Waals surface area contributed by atoms with Gasteiger partial charge in [0.25, 0.3) is 0 Å². The lowest BCUT2D eigenvalue weighted by molar-refractivity contribution is -0.138. The zero-order chi connectivity index (χ0) is 21.4. The van der Waals surface area contributed by atoms with Crippen LogP contribution in [0, 0.1) is 0 Å². The van der Waals surface area contributed by atoms with Gasteiger partial charge >= 0.3 is 12.1 Å². The number of carboxylic acid groups (broad SMARTS) is 1. The number of ether oxygens (including phenoxy) is 1. The molecule has 0 bridgehead atoms. The van der Waals surface area contributed by atoms with E-state index in [1.165, 1.54) is 24.5 Å². The van der Waals surface area contributed by atoms with Crippen LogP contribution in [0.5, 0.6) is 0 Å². The lowest BCUT2D eigenvalue weighted by atomic mass is 10.0. The van der Waals surface area contributed by atoms with Crippen molar-refractivity contribution in [2.24, 2.45) is 0 Å². The van der Waals surface area contributed by atoms with Gasteiger partial charge in [0.05, 0.1) is 29.6 Å². The van der Waals surface area contributed by atoms with E-state index in [0.717, 1.165) is 10.4 Å². The van der Waals surface area contributed by atoms with Crippen molar-refractivity contribution in [2.45, 2.75) is 30.0 Å². The van der Waals surface area contributed by atoms with Crippen molar-refractivity contribution in [2.75, 3.05) is 20.2 Å². The lowest BCUT2D eigenvalue weighted by Gasteiger charge is -2.18. The molecule has 0 saturated carbocycles. The van der Waals surface area contributed by atoms with Gasteiger partial charge in [-0.25, -0.2) is 8.42 Å². The Morgan fingerprint density at radius 2 is 2.03 bits per heavy atom. The maximum absolute atomic E-state index is 13.4. The van der Waals surface area contributed by atoms with Crippen molar-refractivity contribution < 1.29 is 36.2 Å². The number of hydrogen-bond acceptors (Lipinski definition) is 5. The molecule has 1 aliphatic rings. The highest BCUT2D eigenvalue weighted by molar-refractivity contribution is 7.89. The van der Waals surface area contributed by atoms with Crippen molar-refractivity contribution in [1.82, 2.24) is 4.31 Å². The summed E-state index contributed by atoms with van der Waals surface area (Å²) in [5.74, 6) is -1.03. The Balaban J connectivity index is 2.06. The number of aryl methyl sites for hydroxylation is 1. The van der Waals surface area contributed by atoms with Crippen molar-refractivity contribution in [3.8, 4) is 11.1 Å². The highest BCUT2D eigenvalue weighted by atomic mass is 32.2. The number of nitrogens with zero attached hydrogens (tertiary/aromatic N) is 1. The van der Waals surface area contributed by atoms with Crippen LogP contribution in [0.4, 0.5) is 13.2 Å². The number of hydrogen-bond donors (Lipinski definition) is 1. The molecule has 0 unspecified atom stereocenters. The van der Waals surface area contributed by atoms with E-state index in [1.54, 1.807) is 11.4 Å². The lowest BCUT2D eigenvalue weighted by Crippen LogP contribution is -2.30. The van der Waals surface area contributed by atoms with Gasteiger partial charge in [-0.2, -0.15) is 17.5 Å². The van der Waals surface area contributed by atoms with Gasteiger partial charge in [0.1, 0.15) is 0 Å². The van der Waals surface area contributed by atoms with Gasteiger partial charge in [-0.1, -0.05) is 0 Å². The van der Waals surface area contributed by atoms with Crippen LogP contribution in [0.1, 0.15) is 16.9 Å². The summed E-state index contributed by atoms with van der Waals surface area (Å²) in [5, 5.41) is 10.5. The Morgan fingerprint density at radius 1 is 1.34 bits per heavy atom. The summed E-state index contributed by atoms with van der Waals surface area (Å²) < 4.78 is 72.0. The summed E-state index contributed by atoms with van der Waals surface area (Å²) in [7, 11) is -2.87. The average molecular weight is 449 g/mol. The average Bonchev–Trinajstić information content (AvgIpc) is 3.32. The van der Waals surface area contributed by atoms with Crippen LogP contribution in [-0.4, -0.2) is 50.1 Å². The van der Waals surface area contributed by atoms with Crippen LogP contribution in [0.25, 0.3) is 11.1 Å². The molecule has 2 aromatic rings. The summed E-state index contributed by atoms with van der Waals surface area (Å²) in [4.78, 5) is 10.9. The van der Waals surface area contributed by atoms with Gasteiger partial charge in [-0.05, 0) is 47.2 Å². The predicted octanol–water partition coefficient (Wildman–Crippen LogP) is 3.47. The molecule has 1 fully saturated rings. The minimum atomic E-state index is -4.74. The van der Waals surface area contributed by atoms with Gasteiger partial charge < -0.3 is 9.84 Å². The van der Waals surface area contributed by atoms with E-state index in [4.69, 9.17) is 9.84 Å². The Kier molecular flexibility index (Phi) is 6.04. The van der Waals surface area contributed by atoms with E-state index in [9.17, 15) is 26.4 Å². The highest BCUT2D eigenvalue weighted by Gasteiger charge is 2.35. The molecule has 1 aromatic heterocycles. The summed E-state index contributed by atoms with van der Waals surface area (Å²) in [6, 6.07) is 4.26. The molecule has 0 aliphatic carbocycles. The third-order valence-electron chi connectivity index (χ3n) is 4.43. The quantitative estimate of drug-likeness (QED) is 0.624. The molecule has 3 rings (SSSR count). The number of epoxide rings is 1. The summed E-state index contributed by atoms with van der Waals surface area (Å²) in [5.41, 5.74) is -0.608. The first-order valence-corrected chi connectivity index (χ1v) is 10.9. The number of aliphatic carboxylic acids is 1. The molecule has 1 aliphatic heterocycles. The van der Waals surface area contributed by atoms with Gasteiger partial charge in [-0.3, -0.25) is 4.79 Å². The number of benzene rings is 1. The molecule has 6 nitrogen and oxygen atoms in total. The fourth-order valence-corrected chi connectivity index (χ4v) is 4.99. The number of thiophene rings is 1. The second-order valence-electron chi connectivity index (χ2n) is 6.64. The molecule has 1 N–H and O–H groups in total. The Bertz CT molecular complexity index is 1010. The third kappa shape index (κ3) is 5.16. The number of rotatable bonds is 8.